The normalized spacial score (nSPS) is 13.1. The zero-order valence-electron chi connectivity index (χ0n) is 17.1. The number of rotatable bonds is 5. The summed E-state index contributed by atoms with van der Waals surface area (Å²) < 4.78 is 21.9. The fraction of sp³-hybridized carbons (Fsp3) is 0.0769. The number of ether oxygens (including phenoxy) is 4. The Labute approximate surface area is 185 Å². The van der Waals surface area contributed by atoms with Gasteiger partial charge in [-0.15, -0.1) is 0 Å². The molecule has 0 unspecified atom stereocenters. The number of fused-ring (bicyclic) bond motifs is 2. The van der Waals surface area contributed by atoms with Crippen LogP contribution < -0.4 is 29.6 Å². The maximum Gasteiger partial charge on any atom is 0.231 e. The summed E-state index contributed by atoms with van der Waals surface area (Å²) in [7, 11) is 0. The van der Waals surface area contributed by atoms with E-state index in [0.717, 1.165) is 56.9 Å². The minimum atomic E-state index is 0.258. The van der Waals surface area contributed by atoms with Crippen molar-refractivity contribution in [2.45, 2.75) is 0 Å². The Balaban J connectivity index is 1.33. The van der Waals surface area contributed by atoms with Crippen molar-refractivity contribution in [3.8, 4) is 34.1 Å². The standard InChI is InChI=1S/C26H20N2O4/c1-3-7-21(27-17-9-11-23-25(13-17)31-15-29-23)19(5-1)20-6-2-4-8-22(20)28-18-10-12-24-26(14-18)32-16-30-24/h1-14,27-28H,15-16H2. The average Bonchev–Trinajstić information content (AvgIpc) is 3.49. The fourth-order valence-electron chi connectivity index (χ4n) is 3.91. The van der Waals surface area contributed by atoms with E-state index < -0.39 is 0 Å². The third kappa shape index (κ3) is 3.41. The Morgan fingerprint density at radius 2 is 0.906 bits per heavy atom. The zero-order chi connectivity index (χ0) is 21.3. The molecule has 158 valence electrons. The van der Waals surface area contributed by atoms with Gasteiger partial charge in [0.25, 0.3) is 0 Å². The highest BCUT2D eigenvalue weighted by molar-refractivity contribution is 5.89. The zero-order valence-corrected chi connectivity index (χ0v) is 17.1. The molecule has 4 aromatic carbocycles. The second-order valence-corrected chi connectivity index (χ2v) is 7.48. The first-order valence-electron chi connectivity index (χ1n) is 10.4. The van der Waals surface area contributed by atoms with Crippen LogP contribution in [0.4, 0.5) is 22.7 Å². The summed E-state index contributed by atoms with van der Waals surface area (Å²) >= 11 is 0. The second-order valence-electron chi connectivity index (χ2n) is 7.48. The van der Waals surface area contributed by atoms with Crippen molar-refractivity contribution in [3.63, 3.8) is 0 Å². The van der Waals surface area contributed by atoms with Crippen molar-refractivity contribution >= 4 is 22.7 Å². The van der Waals surface area contributed by atoms with Crippen molar-refractivity contribution < 1.29 is 18.9 Å². The Bertz CT molecular complexity index is 1200. The van der Waals surface area contributed by atoms with Gasteiger partial charge in [0.2, 0.25) is 13.6 Å². The molecule has 0 spiro atoms. The van der Waals surface area contributed by atoms with E-state index in [0.29, 0.717) is 0 Å². The molecule has 0 atom stereocenters. The van der Waals surface area contributed by atoms with Crippen LogP contribution in [0.3, 0.4) is 0 Å². The summed E-state index contributed by atoms with van der Waals surface area (Å²) in [6, 6.07) is 28.2. The molecule has 6 nitrogen and oxygen atoms in total. The minimum absolute atomic E-state index is 0.258. The van der Waals surface area contributed by atoms with Crippen LogP contribution in [0.1, 0.15) is 0 Å². The van der Waals surface area contributed by atoms with Crippen molar-refractivity contribution in [1.29, 1.82) is 0 Å². The molecule has 0 fully saturated rings. The number of anilines is 4. The van der Waals surface area contributed by atoms with Gasteiger partial charge < -0.3 is 29.6 Å². The summed E-state index contributed by atoms with van der Waals surface area (Å²) in [4.78, 5) is 0. The second kappa shape index (κ2) is 7.74. The average molecular weight is 424 g/mol. The largest absolute Gasteiger partial charge is 0.454 e. The number of hydrogen-bond donors (Lipinski definition) is 2. The predicted octanol–water partition coefficient (Wildman–Crippen LogP) is 6.30. The third-order valence-corrected chi connectivity index (χ3v) is 5.45. The van der Waals surface area contributed by atoms with E-state index >= 15 is 0 Å². The summed E-state index contributed by atoms with van der Waals surface area (Å²) in [5.41, 5.74) is 6.01. The topological polar surface area (TPSA) is 61.0 Å². The molecule has 2 N–H and O–H groups in total. The summed E-state index contributed by atoms with van der Waals surface area (Å²) in [5, 5.41) is 7.05. The van der Waals surface area contributed by atoms with Crippen LogP contribution in [0.2, 0.25) is 0 Å². The lowest BCUT2D eigenvalue weighted by Crippen LogP contribution is -1.97. The molecule has 0 radical (unpaired) electrons. The smallest absolute Gasteiger partial charge is 0.231 e. The minimum Gasteiger partial charge on any atom is -0.454 e. The van der Waals surface area contributed by atoms with E-state index in [1.54, 1.807) is 0 Å². The molecule has 2 aliphatic rings. The molecule has 0 aromatic heterocycles. The van der Waals surface area contributed by atoms with E-state index in [4.69, 9.17) is 18.9 Å². The molecular weight excluding hydrogens is 404 g/mol. The number of para-hydroxylation sites is 2. The first kappa shape index (κ1) is 18.4. The van der Waals surface area contributed by atoms with Gasteiger partial charge in [-0.25, -0.2) is 0 Å². The van der Waals surface area contributed by atoms with E-state index in [1.165, 1.54) is 0 Å². The number of benzene rings is 4. The van der Waals surface area contributed by atoms with Gasteiger partial charge in [0.1, 0.15) is 0 Å². The Hall–Kier alpha value is -4.32. The van der Waals surface area contributed by atoms with Crippen LogP contribution in [-0.2, 0) is 0 Å². The van der Waals surface area contributed by atoms with Gasteiger partial charge in [-0.05, 0) is 36.4 Å². The molecular formula is C26H20N2O4. The molecule has 0 bridgehead atoms. The van der Waals surface area contributed by atoms with Gasteiger partial charge in [0, 0.05) is 46.0 Å². The maximum absolute atomic E-state index is 5.52. The Morgan fingerprint density at radius 3 is 1.41 bits per heavy atom. The highest BCUT2D eigenvalue weighted by Gasteiger charge is 2.16. The van der Waals surface area contributed by atoms with E-state index in [-0.39, 0.29) is 13.6 Å². The molecule has 6 rings (SSSR count). The van der Waals surface area contributed by atoms with Crippen LogP contribution >= 0.6 is 0 Å². The van der Waals surface area contributed by atoms with Gasteiger partial charge >= 0.3 is 0 Å². The van der Waals surface area contributed by atoms with E-state index in [9.17, 15) is 0 Å². The monoisotopic (exact) mass is 424 g/mol. The SMILES string of the molecule is c1ccc(-c2ccccc2Nc2ccc3c(c2)OCO3)c(Nc2ccc3c(c2)OCO3)c1. The molecule has 0 aliphatic carbocycles. The Kier molecular flexibility index (Phi) is 4.46. The van der Waals surface area contributed by atoms with E-state index in [1.807, 2.05) is 60.7 Å². The van der Waals surface area contributed by atoms with E-state index in [2.05, 4.69) is 34.9 Å². The van der Waals surface area contributed by atoms with Crippen LogP contribution in [0.15, 0.2) is 84.9 Å². The first-order chi connectivity index (χ1) is 15.8. The third-order valence-electron chi connectivity index (χ3n) is 5.45. The van der Waals surface area contributed by atoms with Gasteiger partial charge in [-0.3, -0.25) is 0 Å². The molecule has 0 saturated carbocycles. The highest BCUT2D eigenvalue weighted by atomic mass is 16.7. The van der Waals surface area contributed by atoms with Crippen molar-refractivity contribution in [2.24, 2.45) is 0 Å². The molecule has 4 aromatic rings. The summed E-state index contributed by atoms with van der Waals surface area (Å²) in [6.45, 7) is 0.516. The lowest BCUT2D eigenvalue weighted by atomic mass is 10.0. The first-order valence-corrected chi connectivity index (χ1v) is 10.4. The molecule has 0 amide bonds. The van der Waals surface area contributed by atoms with Crippen LogP contribution in [-0.4, -0.2) is 13.6 Å². The quantitative estimate of drug-likeness (QED) is 0.392. The van der Waals surface area contributed by atoms with Crippen LogP contribution in [0, 0.1) is 0 Å². The van der Waals surface area contributed by atoms with Crippen molar-refractivity contribution in [1.82, 2.24) is 0 Å². The molecule has 0 saturated heterocycles. The Morgan fingerprint density at radius 1 is 0.469 bits per heavy atom. The van der Waals surface area contributed by atoms with Gasteiger partial charge in [0.05, 0.1) is 0 Å². The molecule has 2 heterocycles. The van der Waals surface area contributed by atoms with Gasteiger partial charge in [-0.1, -0.05) is 36.4 Å². The number of hydrogen-bond acceptors (Lipinski definition) is 6. The lowest BCUT2D eigenvalue weighted by Gasteiger charge is -2.17. The van der Waals surface area contributed by atoms with Crippen LogP contribution in [0.25, 0.3) is 11.1 Å². The molecule has 2 aliphatic heterocycles. The van der Waals surface area contributed by atoms with Crippen LogP contribution in [0.5, 0.6) is 23.0 Å². The van der Waals surface area contributed by atoms with Crippen molar-refractivity contribution in [2.75, 3.05) is 24.2 Å². The maximum atomic E-state index is 5.52. The highest BCUT2D eigenvalue weighted by Crippen LogP contribution is 2.40. The molecule has 6 heteroatoms. The molecule has 32 heavy (non-hydrogen) atoms. The van der Waals surface area contributed by atoms with Gasteiger partial charge in [-0.2, -0.15) is 0 Å². The summed E-state index contributed by atoms with van der Waals surface area (Å²) in [6.07, 6.45) is 0. The predicted molar refractivity (Wildman–Crippen MR) is 124 cm³/mol. The van der Waals surface area contributed by atoms with Gasteiger partial charge in [0.15, 0.2) is 23.0 Å². The summed E-state index contributed by atoms with van der Waals surface area (Å²) in [5.74, 6) is 3.03. The fourth-order valence-corrected chi connectivity index (χ4v) is 3.91. The lowest BCUT2D eigenvalue weighted by molar-refractivity contribution is 0.173. The number of nitrogens with one attached hydrogen (secondary N) is 2. The van der Waals surface area contributed by atoms with Crippen molar-refractivity contribution in [3.05, 3.63) is 84.9 Å².